The van der Waals surface area contributed by atoms with Gasteiger partial charge in [-0.15, -0.1) is 23.2 Å². The van der Waals surface area contributed by atoms with Crippen LogP contribution in [0.15, 0.2) is 60.9 Å². The Morgan fingerprint density at radius 3 is 2.17 bits per heavy atom. The van der Waals surface area contributed by atoms with E-state index in [2.05, 4.69) is 17.2 Å². The summed E-state index contributed by atoms with van der Waals surface area (Å²) >= 11 is 30.9. The lowest BCUT2D eigenvalue weighted by Crippen LogP contribution is -2.19. The number of hydrogen-bond acceptors (Lipinski definition) is 3. The van der Waals surface area contributed by atoms with E-state index in [9.17, 15) is 27.6 Å². The van der Waals surface area contributed by atoms with Crippen LogP contribution in [0.5, 0.6) is 0 Å². The predicted molar refractivity (Wildman–Crippen MR) is 150 cm³/mol. The summed E-state index contributed by atoms with van der Waals surface area (Å²) in [5, 5.41) is 7.02. The monoisotopic (exact) mass is 649 g/mol. The van der Waals surface area contributed by atoms with Gasteiger partial charge in [-0.2, -0.15) is 0 Å². The van der Waals surface area contributed by atoms with Gasteiger partial charge >= 0.3 is 0 Å². The van der Waals surface area contributed by atoms with Crippen LogP contribution in [0.4, 0.5) is 30.2 Å². The van der Waals surface area contributed by atoms with Gasteiger partial charge in [-0.05, 0) is 48.0 Å². The van der Waals surface area contributed by atoms with E-state index in [4.69, 9.17) is 58.0 Å². The van der Waals surface area contributed by atoms with E-state index in [1.165, 1.54) is 18.2 Å². The maximum atomic E-state index is 14.8. The molecule has 0 aromatic heterocycles. The van der Waals surface area contributed by atoms with Gasteiger partial charge in [-0.25, -0.2) is 13.2 Å². The Morgan fingerprint density at radius 1 is 0.850 bits per heavy atom. The van der Waals surface area contributed by atoms with E-state index in [1.807, 2.05) is 0 Å². The first-order chi connectivity index (χ1) is 18.7. The Hall–Kier alpha value is -2.95. The fourth-order valence-electron chi connectivity index (χ4n) is 3.91. The number of carbonyl (C=O) groups excluding carboxylic acids is 3. The van der Waals surface area contributed by atoms with Crippen LogP contribution in [-0.2, 0) is 9.59 Å². The molecule has 3 N–H and O–H groups in total. The van der Waals surface area contributed by atoms with Crippen LogP contribution in [0.25, 0.3) is 0 Å². The highest BCUT2D eigenvalue weighted by Crippen LogP contribution is 2.65. The van der Waals surface area contributed by atoms with Crippen LogP contribution in [0.3, 0.4) is 0 Å². The summed E-state index contributed by atoms with van der Waals surface area (Å²) in [6, 6.07) is 10.3. The smallest absolute Gasteiger partial charge is 0.283 e. The Bertz CT molecular complexity index is 1580. The number of anilines is 3. The van der Waals surface area contributed by atoms with Crippen LogP contribution >= 0.6 is 58.0 Å². The average Bonchev–Trinajstić information content (AvgIpc) is 3.47. The van der Waals surface area contributed by atoms with E-state index in [-0.39, 0.29) is 21.3 Å². The molecule has 1 aliphatic rings. The minimum absolute atomic E-state index is 0.0654. The lowest BCUT2D eigenvalue weighted by atomic mass is 10.1. The predicted octanol–water partition coefficient (Wildman–Crippen LogP) is 8.13. The van der Waals surface area contributed by atoms with Gasteiger partial charge in [0, 0.05) is 11.6 Å². The number of benzene rings is 3. The number of carbonyl (C=O) groups is 3. The Balaban J connectivity index is 1.52. The first kappa shape index (κ1) is 30.0. The number of nitrogens with one attached hydrogen (secondary N) is 3. The van der Waals surface area contributed by atoms with Gasteiger partial charge in [-0.1, -0.05) is 47.4 Å². The molecule has 0 unspecified atom stereocenters. The molecule has 3 amide bonds. The number of hydrogen-bond donors (Lipinski definition) is 3. The molecule has 0 radical (unpaired) electrons. The summed E-state index contributed by atoms with van der Waals surface area (Å²) in [7, 11) is 0. The second-order valence-corrected chi connectivity index (χ2v) is 11.3. The standard InChI is InChI=1S/C26H15Cl5F3N3O3/c1-10(32)23(38)37-22-17(33)6-7-18(21(22)34)36-24(39)13-9-12(3-5-14(13)27)35-25(40)20-19(26(20,30)31)11-2-4-15(28)16(29)8-11/h2-9,19-20H,1H2,(H,35,40)(H,36,39)(H,37,38)/t19-,20+/m0/s1. The average molecular weight is 652 g/mol. The van der Waals surface area contributed by atoms with Crippen molar-refractivity contribution in [1.29, 1.82) is 0 Å². The Kier molecular flexibility index (Phi) is 8.63. The molecule has 3 aromatic rings. The lowest BCUT2D eigenvalue weighted by Gasteiger charge is -2.13. The van der Waals surface area contributed by atoms with Crippen molar-refractivity contribution in [2.45, 2.75) is 10.3 Å². The molecule has 208 valence electrons. The van der Waals surface area contributed by atoms with Crippen LogP contribution in [0.1, 0.15) is 21.8 Å². The highest BCUT2D eigenvalue weighted by molar-refractivity contribution is 6.53. The zero-order valence-electron chi connectivity index (χ0n) is 19.7. The topological polar surface area (TPSA) is 87.3 Å². The molecule has 1 aliphatic carbocycles. The first-order valence-corrected chi connectivity index (χ1v) is 13.0. The molecule has 6 nitrogen and oxygen atoms in total. The molecule has 14 heteroatoms. The highest BCUT2D eigenvalue weighted by atomic mass is 35.5. The Morgan fingerprint density at radius 2 is 1.52 bits per heavy atom. The van der Waals surface area contributed by atoms with Crippen molar-refractivity contribution in [1.82, 2.24) is 0 Å². The van der Waals surface area contributed by atoms with Crippen molar-refractivity contribution in [3.63, 3.8) is 0 Å². The highest BCUT2D eigenvalue weighted by Gasteiger charge is 2.67. The van der Waals surface area contributed by atoms with Crippen LogP contribution in [0, 0.1) is 17.6 Å². The molecular formula is C26H15Cl5F3N3O3. The third-order valence-corrected chi connectivity index (χ3v) is 7.95. The van der Waals surface area contributed by atoms with Gasteiger partial charge in [0.15, 0.2) is 11.6 Å². The zero-order chi connectivity index (χ0) is 29.5. The van der Waals surface area contributed by atoms with E-state index in [0.717, 1.165) is 12.1 Å². The van der Waals surface area contributed by atoms with Gasteiger partial charge < -0.3 is 16.0 Å². The first-order valence-electron chi connectivity index (χ1n) is 11.1. The number of alkyl halides is 2. The van der Waals surface area contributed by atoms with Gasteiger partial charge in [0.2, 0.25) is 5.91 Å². The molecule has 0 saturated heterocycles. The van der Waals surface area contributed by atoms with Crippen molar-refractivity contribution in [2.24, 2.45) is 5.92 Å². The molecule has 1 saturated carbocycles. The molecule has 0 spiro atoms. The lowest BCUT2D eigenvalue weighted by molar-refractivity contribution is -0.117. The molecule has 40 heavy (non-hydrogen) atoms. The fraction of sp³-hybridized carbons (Fsp3) is 0.115. The number of rotatable bonds is 7. The molecular weight excluding hydrogens is 637 g/mol. The van der Waals surface area contributed by atoms with Crippen molar-refractivity contribution < 1.29 is 27.6 Å². The van der Waals surface area contributed by atoms with Crippen molar-refractivity contribution in [3.05, 3.63) is 98.8 Å². The van der Waals surface area contributed by atoms with E-state index in [0.29, 0.717) is 10.6 Å². The van der Waals surface area contributed by atoms with Crippen molar-refractivity contribution in [2.75, 3.05) is 16.0 Å². The molecule has 0 heterocycles. The van der Waals surface area contributed by atoms with Crippen LogP contribution in [0.2, 0.25) is 15.1 Å². The SMILES string of the molecule is C=C(F)C(=O)Nc1c(F)ccc(NC(=O)c2cc(NC(=O)[C@H]3[C@H](c4ccc(Cl)c(Cl)c4)C3(Cl)Cl)ccc2Cl)c1F. The largest absolute Gasteiger partial charge is 0.326 e. The van der Waals surface area contributed by atoms with Gasteiger partial charge in [0.1, 0.15) is 15.8 Å². The summed E-state index contributed by atoms with van der Waals surface area (Å²) in [5.41, 5.74) is -1.000. The minimum atomic E-state index is -1.48. The summed E-state index contributed by atoms with van der Waals surface area (Å²) in [6.07, 6.45) is 0. The molecule has 0 aliphatic heterocycles. The third kappa shape index (κ3) is 6.04. The maximum absolute atomic E-state index is 14.8. The molecule has 1 fully saturated rings. The van der Waals surface area contributed by atoms with Crippen LogP contribution in [-0.4, -0.2) is 22.1 Å². The quantitative estimate of drug-likeness (QED) is 0.178. The maximum Gasteiger partial charge on any atom is 0.283 e. The summed E-state index contributed by atoms with van der Waals surface area (Å²) in [5.74, 6) is -8.52. The Labute approximate surface area is 250 Å². The normalized spacial score (nSPS) is 17.1. The van der Waals surface area contributed by atoms with Gasteiger partial charge in [-0.3, -0.25) is 14.4 Å². The van der Waals surface area contributed by atoms with E-state index >= 15 is 0 Å². The number of halogens is 8. The van der Waals surface area contributed by atoms with Crippen molar-refractivity contribution >= 4 is 92.8 Å². The van der Waals surface area contributed by atoms with Crippen LogP contribution < -0.4 is 16.0 Å². The molecule has 2 atom stereocenters. The molecule has 0 bridgehead atoms. The fourth-order valence-corrected chi connectivity index (χ4v) is 5.24. The van der Waals surface area contributed by atoms with E-state index in [1.54, 1.807) is 23.5 Å². The molecule has 3 aromatic carbocycles. The molecule has 4 rings (SSSR count). The van der Waals surface area contributed by atoms with Gasteiger partial charge in [0.05, 0.1) is 32.2 Å². The second-order valence-electron chi connectivity index (χ2n) is 8.58. The van der Waals surface area contributed by atoms with E-state index < -0.39 is 62.7 Å². The third-order valence-electron chi connectivity index (χ3n) is 5.94. The minimum Gasteiger partial charge on any atom is -0.326 e. The summed E-state index contributed by atoms with van der Waals surface area (Å²) in [4.78, 5) is 37.4. The zero-order valence-corrected chi connectivity index (χ0v) is 23.5. The second kappa shape index (κ2) is 11.5. The summed E-state index contributed by atoms with van der Waals surface area (Å²) in [6.45, 7) is 2.75. The number of amides is 3. The van der Waals surface area contributed by atoms with Crippen molar-refractivity contribution in [3.8, 4) is 0 Å². The van der Waals surface area contributed by atoms with Gasteiger partial charge in [0.25, 0.3) is 11.8 Å². The summed E-state index contributed by atoms with van der Waals surface area (Å²) < 4.78 is 40.4.